The smallest absolute Gasteiger partial charge is 0.252 e. The number of pyridine rings is 1. The molecule has 2 bridgehead atoms. The number of fused-ring (bicyclic) bond motifs is 4. The summed E-state index contributed by atoms with van der Waals surface area (Å²) in [6.07, 6.45) is 6.17. The molecule has 3 fully saturated rings. The molecule has 1 N–H and O–H groups in total. The van der Waals surface area contributed by atoms with Crippen LogP contribution in [0.1, 0.15) is 34.8 Å². The Kier molecular flexibility index (Phi) is 8.47. The number of piperidine rings is 3. The Balaban J connectivity index is 1.32. The molecular weight excluding hydrogens is 573 g/mol. The Morgan fingerprint density at radius 2 is 1.69 bits per heavy atom. The van der Waals surface area contributed by atoms with E-state index in [9.17, 15) is 4.79 Å². The number of benzene rings is 4. The summed E-state index contributed by atoms with van der Waals surface area (Å²) in [5, 5.41) is 8.10. The third kappa shape index (κ3) is 5.79. The molecule has 0 spiro atoms. The lowest BCUT2D eigenvalue weighted by Gasteiger charge is -2.51. The van der Waals surface area contributed by atoms with Crippen LogP contribution in [0.15, 0.2) is 128 Å². The second-order valence-electron chi connectivity index (χ2n) is 12.0. The van der Waals surface area contributed by atoms with Crippen LogP contribution in [-0.4, -0.2) is 42.0 Å². The third-order valence-electron chi connectivity index (χ3n) is 9.56. The van der Waals surface area contributed by atoms with Crippen molar-refractivity contribution < 1.29 is 9.53 Å². The Labute approximate surface area is 266 Å². The van der Waals surface area contributed by atoms with Crippen LogP contribution in [0.3, 0.4) is 0 Å². The predicted octanol–water partition coefficient (Wildman–Crippen LogP) is 6.37. The van der Waals surface area contributed by atoms with Gasteiger partial charge in [0.15, 0.2) is 0 Å². The van der Waals surface area contributed by atoms with Gasteiger partial charge in [-0.15, -0.1) is 6.58 Å². The molecule has 0 aliphatic carbocycles. The molecule has 1 unspecified atom stereocenters. The molecule has 0 saturated carbocycles. The van der Waals surface area contributed by atoms with E-state index < -0.39 is 7.92 Å². The van der Waals surface area contributed by atoms with Crippen LogP contribution < -0.4 is 26.0 Å². The average Bonchev–Trinajstić information content (AvgIpc) is 3.11. The van der Waals surface area contributed by atoms with Crippen LogP contribution in [0.5, 0.6) is 5.75 Å². The van der Waals surface area contributed by atoms with E-state index in [0.717, 1.165) is 52.6 Å². The largest absolute Gasteiger partial charge is 0.497 e. The molecule has 3 saturated heterocycles. The molecule has 8 rings (SSSR count). The Hall–Kier alpha value is -4.31. The molecule has 1 aromatic heterocycles. The summed E-state index contributed by atoms with van der Waals surface area (Å²) in [6.45, 7) is 6.14. The molecule has 1 amide bonds. The zero-order valence-electron chi connectivity index (χ0n) is 25.6. The second kappa shape index (κ2) is 13.0. The van der Waals surface area contributed by atoms with Crippen molar-refractivity contribution in [2.75, 3.05) is 20.2 Å². The monoisotopic (exact) mass is 611 g/mol. The van der Waals surface area contributed by atoms with E-state index in [-0.39, 0.29) is 18.0 Å². The fourth-order valence-corrected chi connectivity index (χ4v) is 9.76. The van der Waals surface area contributed by atoms with Crippen LogP contribution >= 0.6 is 7.92 Å². The molecule has 3 aliphatic heterocycles. The normalized spacial score (nSPS) is 21.4. The number of aromatic nitrogens is 1. The highest BCUT2D eigenvalue weighted by molar-refractivity contribution is 7.80. The van der Waals surface area contributed by atoms with Crippen molar-refractivity contribution in [2.24, 2.45) is 11.8 Å². The molecular formula is C39H38N3O2P. The average molecular weight is 612 g/mol. The van der Waals surface area contributed by atoms with Crippen molar-refractivity contribution in [2.45, 2.75) is 24.9 Å². The van der Waals surface area contributed by atoms with Crippen LogP contribution in [-0.2, 0) is 0 Å². The van der Waals surface area contributed by atoms with Crippen LogP contribution in [0, 0.1) is 11.8 Å². The summed E-state index contributed by atoms with van der Waals surface area (Å²) >= 11 is 0. The summed E-state index contributed by atoms with van der Waals surface area (Å²) in [4.78, 5) is 21.9. The van der Waals surface area contributed by atoms with Gasteiger partial charge in [0.25, 0.3) is 5.91 Å². The standard InChI is InChI=1S/C39H38N3O2P/c1-3-27-26-42-23-21-28(27)24-36(42)38(32-20-22-40-35-19-18-29(44-2)25-34(32)35)41-39(43)33-16-10-11-17-37(33)45(30-12-6-4-7-13-30)31-14-8-5-9-15-31/h3-20,22,25,27-28,36,38H,1,21,23-24,26H2,2H3,(H,41,43)/t27-,28-,36-,38+/m0/s1. The van der Waals surface area contributed by atoms with Gasteiger partial charge in [-0.3, -0.25) is 14.7 Å². The second-order valence-corrected chi connectivity index (χ2v) is 14.2. The highest BCUT2D eigenvalue weighted by Gasteiger charge is 2.43. The highest BCUT2D eigenvalue weighted by atomic mass is 31.1. The van der Waals surface area contributed by atoms with Crippen molar-refractivity contribution in [3.05, 3.63) is 139 Å². The van der Waals surface area contributed by atoms with Crippen molar-refractivity contribution in [3.8, 4) is 5.75 Å². The first-order valence-electron chi connectivity index (χ1n) is 15.7. The van der Waals surface area contributed by atoms with Gasteiger partial charge in [0.2, 0.25) is 0 Å². The molecule has 0 radical (unpaired) electrons. The van der Waals surface area contributed by atoms with Crippen molar-refractivity contribution in [3.63, 3.8) is 0 Å². The van der Waals surface area contributed by atoms with Gasteiger partial charge < -0.3 is 10.1 Å². The minimum absolute atomic E-state index is 0.0502. The SMILES string of the molecule is C=C[C@H]1CN2CC[C@H]1C[C@H]2[C@H](NC(=O)c1ccccc1P(c1ccccc1)c1ccccc1)c1ccnc2ccc(OC)cc12. The van der Waals surface area contributed by atoms with Gasteiger partial charge in [-0.25, -0.2) is 0 Å². The topological polar surface area (TPSA) is 54.5 Å². The fraction of sp³-hybridized carbons (Fsp3) is 0.231. The molecule has 5 atom stereocenters. The summed E-state index contributed by atoms with van der Waals surface area (Å²) in [5.41, 5.74) is 2.69. The number of amides is 1. The van der Waals surface area contributed by atoms with E-state index in [0.29, 0.717) is 11.8 Å². The van der Waals surface area contributed by atoms with E-state index in [1.54, 1.807) is 7.11 Å². The Morgan fingerprint density at radius 3 is 2.36 bits per heavy atom. The number of carbonyl (C=O) groups excluding carboxylic acids is 1. The van der Waals surface area contributed by atoms with Gasteiger partial charge >= 0.3 is 0 Å². The minimum Gasteiger partial charge on any atom is -0.497 e. The lowest BCUT2D eigenvalue weighted by atomic mass is 9.73. The number of hydrogen-bond acceptors (Lipinski definition) is 4. The van der Waals surface area contributed by atoms with E-state index >= 15 is 0 Å². The molecule has 5 nitrogen and oxygen atoms in total. The summed E-state index contributed by atoms with van der Waals surface area (Å²) in [7, 11) is 0.737. The maximum Gasteiger partial charge on any atom is 0.252 e. The maximum atomic E-state index is 14.7. The van der Waals surface area contributed by atoms with Crippen molar-refractivity contribution in [1.29, 1.82) is 0 Å². The summed E-state index contributed by atoms with van der Waals surface area (Å²) < 4.78 is 5.62. The molecule has 6 heteroatoms. The number of nitrogens with one attached hydrogen (secondary N) is 1. The third-order valence-corrected chi connectivity index (χ3v) is 12.1. The van der Waals surface area contributed by atoms with Gasteiger partial charge in [-0.2, -0.15) is 0 Å². The van der Waals surface area contributed by atoms with Crippen molar-refractivity contribution >= 4 is 40.6 Å². The highest BCUT2D eigenvalue weighted by Crippen LogP contribution is 2.43. The molecule has 4 heterocycles. The van der Waals surface area contributed by atoms with E-state index in [1.807, 2.05) is 42.6 Å². The number of hydrogen-bond donors (Lipinski definition) is 1. The van der Waals surface area contributed by atoms with Gasteiger partial charge in [0.05, 0.1) is 18.7 Å². The first-order chi connectivity index (χ1) is 22.1. The zero-order valence-corrected chi connectivity index (χ0v) is 26.4. The van der Waals surface area contributed by atoms with Crippen LogP contribution in [0.4, 0.5) is 0 Å². The zero-order chi connectivity index (χ0) is 30.8. The van der Waals surface area contributed by atoms with E-state index in [4.69, 9.17) is 4.74 Å². The minimum atomic E-state index is -0.950. The lowest BCUT2D eigenvalue weighted by molar-refractivity contribution is 0.00171. The lowest BCUT2D eigenvalue weighted by Crippen LogP contribution is -2.57. The summed E-state index contributed by atoms with van der Waals surface area (Å²) in [6, 6.07) is 37.3. The first-order valence-corrected chi connectivity index (χ1v) is 17.1. The van der Waals surface area contributed by atoms with Crippen LogP contribution in [0.2, 0.25) is 0 Å². The number of carbonyl (C=O) groups is 1. The van der Waals surface area contributed by atoms with E-state index in [2.05, 4.69) is 101 Å². The fourth-order valence-electron chi connectivity index (χ4n) is 7.31. The van der Waals surface area contributed by atoms with Gasteiger partial charge in [-0.1, -0.05) is 84.9 Å². The van der Waals surface area contributed by atoms with Gasteiger partial charge in [-0.05, 0) is 91.0 Å². The van der Waals surface area contributed by atoms with Crippen LogP contribution in [0.25, 0.3) is 10.9 Å². The molecule has 3 aliphatic rings. The first kappa shape index (κ1) is 29.4. The Bertz CT molecular complexity index is 1770. The number of methoxy groups -OCH3 is 1. The van der Waals surface area contributed by atoms with Gasteiger partial charge in [0, 0.05) is 29.7 Å². The predicted molar refractivity (Wildman–Crippen MR) is 185 cm³/mol. The Morgan fingerprint density at radius 1 is 0.978 bits per heavy atom. The quantitative estimate of drug-likeness (QED) is 0.156. The molecule has 226 valence electrons. The molecule has 5 aromatic rings. The molecule has 45 heavy (non-hydrogen) atoms. The number of rotatable bonds is 9. The summed E-state index contributed by atoms with van der Waals surface area (Å²) in [5.74, 6) is 1.78. The maximum absolute atomic E-state index is 14.7. The van der Waals surface area contributed by atoms with E-state index in [1.165, 1.54) is 17.0 Å². The number of nitrogens with zero attached hydrogens (tertiary/aromatic N) is 2. The number of ether oxygens (including phenoxy) is 1. The molecule has 4 aromatic carbocycles. The van der Waals surface area contributed by atoms with Crippen molar-refractivity contribution in [1.82, 2.24) is 15.2 Å². The van der Waals surface area contributed by atoms with Gasteiger partial charge in [0.1, 0.15) is 5.75 Å².